The van der Waals surface area contributed by atoms with Crippen LogP contribution in [0, 0.1) is 0 Å². The first-order valence-electron chi connectivity index (χ1n) is 8.03. The number of nitrogens with zero attached hydrogens (tertiary/aromatic N) is 1. The van der Waals surface area contributed by atoms with E-state index in [1.807, 2.05) is 6.07 Å². The number of aromatic nitrogens is 2. The summed E-state index contributed by atoms with van der Waals surface area (Å²) >= 11 is 0. The lowest BCUT2D eigenvalue weighted by Crippen LogP contribution is -2.24. The first-order valence-corrected chi connectivity index (χ1v) is 8.03. The molecule has 1 aliphatic carbocycles. The van der Waals surface area contributed by atoms with Crippen LogP contribution in [0.1, 0.15) is 66.6 Å². The van der Waals surface area contributed by atoms with Gasteiger partial charge in [-0.25, -0.2) is 5.10 Å². The van der Waals surface area contributed by atoms with E-state index in [4.69, 9.17) is 5.73 Å². The highest BCUT2D eigenvalue weighted by molar-refractivity contribution is 5.38. The van der Waals surface area contributed by atoms with Gasteiger partial charge in [-0.2, -0.15) is 5.10 Å². The molecule has 1 aromatic heterocycles. The molecule has 0 spiro atoms. The number of H-pyrrole nitrogens is 1. The maximum Gasteiger partial charge on any atom is 0.269 e. The van der Waals surface area contributed by atoms with Crippen LogP contribution in [-0.4, -0.2) is 10.2 Å². The molecule has 1 heterocycles. The predicted molar refractivity (Wildman–Crippen MR) is 88.1 cm³/mol. The third-order valence-corrected chi connectivity index (χ3v) is 4.51. The molecule has 0 saturated carbocycles. The van der Waals surface area contributed by atoms with Crippen LogP contribution in [0.4, 0.5) is 0 Å². The molecule has 4 heteroatoms. The zero-order valence-electron chi connectivity index (χ0n) is 13.2. The van der Waals surface area contributed by atoms with Gasteiger partial charge in [0.25, 0.3) is 5.56 Å². The highest BCUT2D eigenvalue weighted by Crippen LogP contribution is 2.26. The SMILES string of the molecule is CC(C)c1cc(C(N)c2ccc3c(c2)CCCC3)c(=O)[nH]n1. The van der Waals surface area contributed by atoms with Crippen LogP contribution in [0.5, 0.6) is 0 Å². The molecule has 1 aliphatic rings. The second kappa shape index (κ2) is 6.05. The van der Waals surface area contributed by atoms with Gasteiger partial charge in [-0.15, -0.1) is 0 Å². The second-order valence-corrected chi connectivity index (χ2v) is 6.44. The van der Waals surface area contributed by atoms with E-state index in [0.717, 1.165) is 24.1 Å². The fourth-order valence-corrected chi connectivity index (χ4v) is 3.09. The molecule has 1 unspecified atom stereocenters. The minimum atomic E-state index is -0.406. The van der Waals surface area contributed by atoms with Gasteiger partial charge in [0.05, 0.1) is 11.7 Å². The number of nitrogens with one attached hydrogen (secondary N) is 1. The molecule has 3 N–H and O–H groups in total. The Hall–Kier alpha value is -1.94. The van der Waals surface area contributed by atoms with E-state index in [-0.39, 0.29) is 11.5 Å². The fourth-order valence-electron chi connectivity index (χ4n) is 3.09. The van der Waals surface area contributed by atoms with Crippen LogP contribution in [0.3, 0.4) is 0 Å². The van der Waals surface area contributed by atoms with Gasteiger partial charge < -0.3 is 5.73 Å². The molecule has 3 rings (SSSR count). The molecule has 0 amide bonds. The summed E-state index contributed by atoms with van der Waals surface area (Å²) in [6, 6.07) is 7.84. The van der Waals surface area contributed by atoms with E-state index in [1.165, 1.54) is 24.0 Å². The topological polar surface area (TPSA) is 71.8 Å². The van der Waals surface area contributed by atoms with E-state index in [2.05, 4.69) is 42.2 Å². The standard InChI is InChI=1S/C18H23N3O/c1-11(2)16-10-15(18(22)21-20-16)17(19)14-8-7-12-5-3-4-6-13(12)9-14/h7-11,17H,3-6,19H2,1-2H3,(H,21,22). The van der Waals surface area contributed by atoms with Crippen LogP contribution in [0.15, 0.2) is 29.1 Å². The fraction of sp³-hybridized carbons (Fsp3) is 0.444. The molecule has 2 aromatic rings. The normalized spacial score (nSPS) is 15.6. The zero-order chi connectivity index (χ0) is 15.7. The quantitative estimate of drug-likeness (QED) is 0.915. The molecule has 1 aromatic carbocycles. The van der Waals surface area contributed by atoms with Crippen LogP contribution in [0.2, 0.25) is 0 Å². The Balaban J connectivity index is 1.98. The van der Waals surface area contributed by atoms with E-state index in [0.29, 0.717) is 5.56 Å². The lowest BCUT2D eigenvalue weighted by atomic mass is 9.88. The molecule has 4 nitrogen and oxygen atoms in total. The summed E-state index contributed by atoms with van der Waals surface area (Å²) in [6.07, 6.45) is 4.76. The van der Waals surface area contributed by atoms with Gasteiger partial charge in [0.1, 0.15) is 0 Å². The van der Waals surface area contributed by atoms with Gasteiger partial charge in [0.15, 0.2) is 0 Å². The molecule has 0 aliphatic heterocycles. The number of aromatic amines is 1. The lowest BCUT2D eigenvalue weighted by Gasteiger charge is -2.19. The van der Waals surface area contributed by atoms with Crippen molar-refractivity contribution in [3.63, 3.8) is 0 Å². The smallest absolute Gasteiger partial charge is 0.269 e. The van der Waals surface area contributed by atoms with Crippen LogP contribution >= 0.6 is 0 Å². The molecule has 0 bridgehead atoms. The van der Waals surface area contributed by atoms with Crippen LogP contribution in [-0.2, 0) is 12.8 Å². The number of aryl methyl sites for hydroxylation is 2. The summed E-state index contributed by atoms with van der Waals surface area (Å²) in [6.45, 7) is 4.10. The first kappa shape index (κ1) is 15.0. The molecule has 0 fully saturated rings. The molecule has 0 saturated heterocycles. The molecule has 116 valence electrons. The van der Waals surface area contributed by atoms with Crippen molar-refractivity contribution in [2.24, 2.45) is 5.73 Å². The highest BCUT2D eigenvalue weighted by Gasteiger charge is 2.17. The summed E-state index contributed by atoms with van der Waals surface area (Å²) in [5.74, 6) is 0.256. The van der Waals surface area contributed by atoms with Crippen molar-refractivity contribution >= 4 is 0 Å². The largest absolute Gasteiger partial charge is 0.320 e. The summed E-state index contributed by atoms with van der Waals surface area (Å²) in [7, 11) is 0. The first-order chi connectivity index (χ1) is 10.6. The Kier molecular flexibility index (Phi) is 4.12. The Bertz CT molecular complexity index is 733. The lowest BCUT2D eigenvalue weighted by molar-refractivity contribution is 0.682. The van der Waals surface area contributed by atoms with Crippen LogP contribution < -0.4 is 11.3 Å². The minimum absolute atomic E-state index is 0.199. The van der Waals surface area contributed by atoms with Crippen molar-refractivity contribution in [3.8, 4) is 0 Å². The van der Waals surface area contributed by atoms with Crippen molar-refractivity contribution in [1.29, 1.82) is 0 Å². The Morgan fingerprint density at radius 2 is 1.86 bits per heavy atom. The summed E-state index contributed by atoms with van der Waals surface area (Å²) in [5, 5.41) is 6.67. The summed E-state index contributed by atoms with van der Waals surface area (Å²) in [4.78, 5) is 12.1. The van der Waals surface area contributed by atoms with Gasteiger partial charge in [-0.05, 0) is 54.4 Å². The van der Waals surface area contributed by atoms with Crippen molar-refractivity contribution in [2.45, 2.75) is 51.5 Å². The number of rotatable bonds is 3. The van der Waals surface area contributed by atoms with Crippen molar-refractivity contribution in [3.05, 3.63) is 62.6 Å². The molecular weight excluding hydrogens is 274 g/mol. The molecule has 22 heavy (non-hydrogen) atoms. The Morgan fingerprint density at radius 1 is 1.14 bits per heavy atom. The molecular formula is C18H23N3O. The number of benzene rings is 1. The number of hydrogen-bond donors (Lipinski definition) is 2. The minimum Gasteiger partial charge on any atom is -0.320 e. The van der Waals surface area contributed by atoms with Crippen molar-refractivity contribution < 1.29 is 0 Å². The summed E-state index contributed by atoms with van der Waals surface area (Å²) < 4.78 is 0. The van der Waals surface area contributed by atoms with Gasteiger partial charge in [-0.3, -0.25) is 4.79 Å². The number of fused-ring (bicyclic) bond motifs is 1. The predicted octanol–water partition coefficient (Wildman–Crippen LogP) is 2.82. The highest BCUT2D eigenvalue weighted by atomic mass is 16.1. The third-order valence-electron chi connectivity index (χ3n) is 4.51. The van der Waals surface area contributed by atoms with Gasteiger partial charge in [0.2, 0.25) is 0 Å². The molecule has 0 radical (unpaired) electrons. The average molecular weight is 297 g/mol. The summed E-state index contributed by atoms with van der Waals surface area (Å²) in [5.41, 5.74) is 11.4. The number of hydrogen-bond acceptors (Lipinski definition) is 3. The second-order valence-electron chi connectivity index (χ2n) is 6.44. The van der Waals surface area contributed by atoms with E-state index < -0.39 is 6.04 Å². The van der Waals surface area contributed by atoms with E-state index in [1.54, 1.807) is 0 Å². The van der Waals surface area contributed by atoms with Crippen LogP contribution in [0.25, 0.3) is 0 Å². The molecule has 1 atom stereocenters. The van der Waals surface area contributed by atoms with E-state index in [9.17, 15) is 4.79 Å². The van der Waals surface area contributed by atoms with Gasteiger partial charge >= 0.3 is 0 Å². The zero-order valence-corrected chi connectivity index (χ0v) is 13.2. The van der Waals surface area contributed by atoms with E-state index >= 15 is 0 Å². The third kappa shape index (κ3) is 2.83. The van der Waals surface area contributed by atoms with Gasteiger partial charge in [-0.1, -0.05) is 32.0 Å². The Labute approximate surface area is 130 Å². The maximum absolute atomic E-state index is 12.1. The number of nitrogens with two attached hydrogens (primary N) is 1. The monoisotopic (exact) mass is 297 g/mol. The average Bonchev–Trinajstić information content (AvgIpc) is 2.54. The van der Waals surface area contributed by atoms with Gasteiger partial charge in [0, 0.05) is 5.56 Å². The Morgan fingerprint density at radius 3 is 2.59 bits per heavy atom. The van der Waals surface area contributed by atoms with Crippen molar-refractivity contribution in [1.82, 2.24) is 10.2 Å². The maximum atomic E-state index is 12.1. The van der Waals surface area contributed by atoms with Crippen molar-refractivity contribution in [2.75, 3.05) is 0 Å².